The van der Waals surface area contributed by atoms with E-state index in [-0.39, 0.29) is 18.8 Å². The zero-order valence-corrected chi connectivity index (χ0v) is 21.5. The van der Waals surface area contributed by atoms with Gasteiger partial charge in [-0.25, -0.2) is 14.6 Å². The summed E-state index contributed by atoms with van der Waals surface area (Å²) in [6, 6.07) is 9.37. The van der Waals surface area contributed by atoms with Gasteiger partial charge in [-0.3, -0.25) is 9.13 Å². The Hall–Kier alpha value is -4.01. The highest BCUT2D eigenvalue weighted by Gasteiger charge is 2.22. The SMILES string of the molecule is CCOc1cc2c(cc1OC)-c1cc(=Nc3c(C)cc(C)cc3C)n(CCNC(N)=O)c(=O)n1CC2. The van der Waals surface area contributed by atoms with E-state index in [2.05, 4.69) is 17.4 Å². The molecule has 9 heteroatoms. The highest BCUT2D eigenvalue weighted by molar-refractivity contribution is 5.71. The van der Waals surface area contributed by atoms with E-state index in [0.29, 0.717) is 36.6 Å². The molecular weight excluding hydrogens is 458 g/mol. The predicted molar refractivity (Wildman–Crippen MR) is 139 cm³/mol. The Labute approximate surface area is 210 Å². The van der Waals surface area contributed by atoms with Crippen molar-refractivity contribution in [3.63, 3.8) is 0 Å². The number of aryl methyl sites for hydroxylation is 4. The van der Waals surface area contributed by atoms with E-state index in [0.717, 1.165) is 39.2 Å². The van der Waals surface area contributed by atoms with Crippen LogP contribution in [-0.2, 0) is 19.5 Å². The van der Waals surface area contributed by atoms with Gasteiger partial charge >= 0.3 is 11.7 Å². The lowest BCUT2D eigenvalue weighted by molar-refractivity contribution is 0.248. The molecule has 0 radical (unpaired) electrons. The standard InChI is InChI=1S/C27H33N5O4/c1-6-36-23-13-19-7-9-31-21(20(19)14-22(23)35-5)15-24(32(27(31)34)10-8-29-26(28)33)30-25-17(3)11-16(2)12-18(25)4/h11-15H,6-10H2,1-5H3,(H3,28,29,33). The molecule has 0 saturated heterocycles. The molecule has 3 aromatic rings. The molecule has 9 nitrogen and oxygen atoms in total. The Balaban J connectivity index is 1.96. The number of primary amides is 1. The molecule has 0 fully saturated rings. The second-order valence-corrected chi connectivity index (χ2v) is 8.97. The highest BCUT2D eigenvalue weighted by Crippen LogP contribution is 2.37. The Bertz CT molecular complexity index is 1430. The van der Waals surface area contributed by atoms with Crippen molar-refractivity contribution < 1.29 is 14.3 Å². The first-order chi connectivity index (χ1) is 17.2. The Morgan fingerprint density at radius 1 is 1.11 bits per heavy atom. The van der Waals surface area contributed by atoms with Crippen molar-refractivity contribution in [2.75, 3.05) is 20.3 Å². The highest BCUT2D eigenvalue weighted by atomic mass is 16.5. The molecule has 2 aromatic carbocycles. The number of benzene rings is 2. The maximum atomic E-state index is 13.7. The van der Waals surface area contributed by atoms with Crippen LogP contribution in [0.1, 0.15) is 29.2 Å². The molecule has 0 spiro atoms. The zero-order valence-electron chi connectivity index (χ0n) is 21.5. The number of rotatable bonds is 7. The summed E-state index contributed by atoms with van der Waals surface area (Å²) in [5, 5.41) is 2.57. The van der Waals surface area contributed by atoms with Crippen molar-refractivity contribution >= 4 is 11.7 Å². The fourth-order valence-corrected chi connectivity index (χ4v) is 4.83. The molecule has 1 aliphatic heterocycles. The second kappa shape index (κ2) is 10.3. The van der Waals surface area contributed by atoms with Crippen LogP contribution in [0, 0.1) is 20.8 Å². The molecular formula is C27H33N5O4. The quantitative estimate of drug-likeness (QED) is 0.529. The van der Waals surface area contributed by atoms with Gasteiger partial charge in [0.25, 0.3) is 0 Å². The van der Waals surface area contributed by atoms with Gasteiger partial charge in [-0.1, -0.05) is 17.7 Å². The van der Waals surface area contributed by atoms with Crippen molar-refractivity contribution in [2.45, 2.75) is 47.2 Å². The van der Waals surface area contributed by atoms with Crippen molar-refractivity contribution in [3.8, 4) is 22.8 Å². The van der Waals surface area contributed by atoms with Crippen LogP contribution in [-0.4, -0.2) is 35.4 Å². The lowest BCUT2D eigenvalue weighted by Gasteiger charge is -2.25. The molecule has 4 rings (SSSR count). The van der Waals surface area contributed by atoms with Crippen LogP contribution in [0.25, 0.3) is 11.3 Å². The summed E-state index contributed by atoms with van der Waals surface area (Å²) in [4.78, 5) is 29.9. The lowest BCUT2D eigenvalue weighted by atomic mass is 9.97. The van der Waals surface area contributed by atoms with E-state index < -0.39 is 6.03 Å². The maximum Gasteiger partial charge on any atom is 0.330 e. The first-order valence-corrected chi connectivity index (χ1v) is 12.1. The van der Waals surface area contributed by atoms with Crippen molar-refractivity contribution in [1.82, 2.24) is 14.5 Å². The molecule has 0 atom stereocenters. The number of aromatic nitrogens is 2. The van der Waals surface area contributed by atoms with Crippen LogP contribution in [0.2, 0.25) is 0 Å². The van der Waals surface area contributed by atoms with Gasteiger partial charge in [-0.05, 0) is 62.9 Å². The van der Waals surface area contributed by atoms with Crippen molar-refractivity contribution in [2.24, 2.45) is 10.7 Å². The largest absolute Gasteiger partial charge is 0.493 e. The van der Waals surface area contributed by atoms with E-state index in [1.54, 1.807) is 16.2 Å². The third-order valence-corrected chi connectivity index (χ3v) is 6.36. The molecule has 190 valence electrons. The molecule has 0 saturated carbocycles. The Morgan fingerprint density at radius 2 is 1.83 bits per heavy atom. The zero-order chi connectivity index (χ0) is 26.0. The smallest absolute Gasteiger partial charge is 0.330 e. The van der Waals surface area contributed by atoms with E-state index in [9.17, 15) is 9.59 Å². The van der Waals surface area contributed by atoms with Crippen LogP contribution in [0.3, 0.4) is 0 Å². The number of hydrogen-bond donors (Lipinski definition) is 2. The molecule has 3 N–H and O–H groups in total. The summed E-state index contributed by atoms with van der Waals surface area (Å²) >= 11 is 0. The van der Waals surface area contributed by atoms with E-state index >= 15 is 0 Å². The van der Waals surface area contributed by atoms with Crippen LogP contribution in [0.15, 0.2) is 40.1 Å². The van der Waals surface area contributed by atoms with Gasteiger partial charge in [0.15, 0.2) is 11.5 Å². The number of carbonyl (C=O) groups is 1. The summed E-state index contributed by atoms with van der Waals surface area (Å²) in [6.07, 6.45) is 0.679. The number of methoxy groups -OCH3 is 1. The first kappa shape index (κ1) is 25.1. The predicted octanol–water partition coefficient (Wildman–Crippen LogP) is 3.11. The summed E-state index contributed by atoms with van der Waals surface area (Å²) in [6.45, 7) is 9.51. The molecule has 1 aliphatic rings. The van der Waals surface area contributed by atoms with Gasteiger partial charge in [0, 0.05) is 31.3 Å². The average Bonchev–Trinajstić information content (AvgIpc) is 2.82. The van der Waals surface area contributed by atoms with E-state index in [1.165, 1.54) is 0 Å². The molecule has 0 bridgehead atoms. The topological polar surface area (TPSA) is 113 Å². The number of urea groups is 1. The molecule has 2 amide bonds. The summed E-state index contributed by atoms with van der Waals surface area (Å²) < 4.78 is 14.7. The van der Waals surface area contributed by atoms with Crippen LogP contribution in [0.5, 0.6) is 11.5 Å². The molecule has 1 aromatic heterocycles. The van der Waals surface area contributed by atoms with Gasteiger partial charge in [0.2, 0.25) is 0 Å². The van der Waals surface area contributed by atoms with E-state index in [4.69, 9.17) is 20.2 Å². The van der Waals surface area contributed by atoms with Crippen molar-refractivity contribution in [1.29, 1.82) is 0 Å². The normalized spacial score (nSPS) is 12.6. The number of fused-ring (bicyclic) bond motifs is 3. The first-order valence-electron chi connectivity index (χ1n) is 12.1. The van der Waals surface area contributed by atoms with Gasteiger partial charge in [0.05, 0.1) is 25.1 Å². The summed E-state index contributed by atoms with van der Waals surface area (Å²) in [5.41, 5.74) is 12.3. The number of carbonyl (C=O) groups excluding carboxylic acids is 1. The molecule has 36 heavy (non-hydrogen) atoms. The number of ether oxygens (including phenoxy) is 2. The third kappa shape index (κ3) is 4.86. The molecule has 2 heterocycles. The van der Waals surface area contributed by atoms with Crippen LogP contribution in [0.4, 0.5) is 10.5 Å². The molecule has 0 aliphatic carbocycles. The monoisotopic (exact) mass is 491 g/mol. The van der Waals surface area contributed by atoms with Gasteiger partial charge in [0.1, 0.15) is 5.49 Å². The minimum absolute atomic E-state index is 0.196. The Kier molecular flexibility index (Phi) is 7.19. The maximum absolute atomic E-state index is 13.7. The van der Waals surface area contributed by atoms with Gasteiger partial charge in [-0.2, -0.15) is 0 Å². The van der Waals surface area contributed by atoms with Crippen molar-refractivity contribution in [3.05, 3.63) is 68.6 Å². The minimum atomic E-state index is -0.636. The van der Waals surface area contributed by atoms with E-state index in [1.807, 2.05) is 45.9 Å². The number of hydrogen-bond acceptors (Lipinski definition) is 5. The lowest BCUT2D eigenvalue weighted by Crippen LogP contribution is -2.44. The van der Waals surface area contributed by atoms with Gasteiger partial charge < -0.3 is 20.5 Å². The van der Waals surface area contributed by atoms with Gasteiger partial charge in [-0.15, -0.1) is 0 Å². The summed E-state index contributed by atoms with van der Waals surface area (Å²) in [7, 11) is 1.61. The second-order valence-electron chi connectivity index (χ2n) is 8.97. The van der Waals surface area contributed by atoms with Crippen LogP contribution < -0.4 is 31.7 Å². The number of amides is 2. The number of nitrogens with zero attached hydrogens (tertiary/aromatic N) is 3. The average molecular weight is 492 g/mol. The summed E-state index contributed by atoms with van der Waals surface area (Å²) in [5.74, 6) is 1.30. The fraction of sp³-hybridized carbons (Fsp3) is 0.370. The number of nitrogens with one attached hydrogen (secondary N) is 1. The fourth-order valence-electron chi connectivity index (χ4n) is 4.83. The Morgan fingerprint density at radius 3 is 2.47 bits per heavy atom. The minimum Gasteiger partial charge on any atom is -0.493 e. The van der Waals surface area contributed by atoms with Crippen LogP contribution >= 0.6 is 0 Å². The molecule has 0 unspecified atom stereocenters. The third-order valence-electron chi connectivity index (χ3n) is 6.36. The number of nitrogens with two attached hydrogens (primary N) is 1.